The molecule has 0 aliphatic rings. The summed E-state index contributed by atoms with van der Waals surface area (Å²) in [7, 11) is 0. The van der Waals surface area contributed by atoms with E-state index >= 15 is 0 Å². The number of aromatic nitrogens is 3. The monoisotopic (exact) mass is 397 g/mol. The molecule has 0 aliphatic heterocycles. The Balaban J connectivity index is 1.64. The molecule has 146 valence electrons. The van der Waals surface area contributed by atoms with Crippen LogP contribution in [0.5, 0.6) is 0 Å². The predicted octanol–water partition coefficient (Wildman–Crippen LogP) is 4.25. The molecule has 29 heavy (non-hydrogen) atoms. The van der Waals surface area contributed by atoms with Crippen LogP contribution in [0.25, 0.3) is 16.9 Å². The van der Waals surface area contributed by atoms with Gasteiger partial charge in [0, 0.05) is 34.8 Å². The van der Waals surface area contributed by atoms with Gasteiger partial charge in [-0.05, 0) is 36.4 Å². The van der Waals surface area contributed by atoms with Crippen LogP contribution in [0, 0.1) is 0 Å². The molecule has 4 aromatic rings. The second-order valence-electron chi connectivity index (χ2n) is 6.31. The van der Waals surface area contributed by atoms with Crippen molar-refractivity contribution >= 4 is 22.9 Å². The molecule has 0 aliphatic carbocycles. The first-order valence-electron chi connectivity index (χ1n) is 8.49. The molecule has 2 aromatic heterocycles. The van der Waals surface area contributed by atoms with Crippen LogP contribution in [-0.2, 0) is 6.18 Å². The van der Waals surface area contributed by atoms with E-state index < -0.39 is 17.6 Å². The SMILES string of the molecule is Nc1cc(C(=O)Nc2cccc(-c3ccnc4ccnn34)c2)cc(C(F)(F)F)c1. The molecule has 0 saturated heterocycles. The second kappa shape index (κ2) is 6.93. The molecule has 0 atom stereocenters. The number of nitrogens with two attached hydrogens (primary N) is 1. The lowest BCUT2D eigenvalue weighted by Crippen LogP contribution is -2.15. The fourth-order valence-electron chi connectivity index (χ4n) is 2.96. The van der Waals surface area contributed by atoms with Gasteiger partial charge in [0.05, 0.1) is 17.5 Å². The minimum absolute atomic E-state index is 0.142. The molecule has 0 spiro atoms. The van der Waals surface area contributed by atoms with Crippen molar-refractivity contribution in [1.29, 1.82) is 0 Å². The molecule has 4 rings (SSSR count). The number of nitrogens with one attached hydrogen (secondary N) is 1. The predicted molar refractivity (Wildman–Crippen MR) is 102 cm³/mol. The number of carbonyl (C=O) groups is 1. The summed E-state index contributed by atoms with van der Waals surface area (Å²) in [5.41, 5.74) is 6.82. The summed E-state index contributed by atoms with van der Waals surface area (Å²) in [6.07, 6.45) is -1.33. The molecule has 6 nitrogen and oxygen atoms in total. The van der Waals surface area contributed by atoms with Gasteiger partial charge in [-0.1, -0.05) is 12.1 Å². The van der Waals surface area contributed by atoms with E-state index in [0.717, 1.165) is 23.4 Å². The van der Waals surface area contributed by atoms with E-state index in [-0.39, 0.29) is 11.3 Å². The Hall–Kier alpha value is -3.88. The summed E-state index contributed by atoms with van der Waals surface area (Å²) in [5.74, 6) is -0.695. The van der Waals surface area contributed by atoms with E-state index in [2.05, 4.69) is 15.4 Å². The van der Waals surface area contributed by atoms with E-state index in [4.69, 9.17) is 5.73 Å². The largest absolute Gasteiger partial charge is 0.416 e. The number of anilines is 2. The van der Waals surface area contributed by atoms with Gasteiger partial charge in [-0.2, -0.15) is 18.3 Å². The van der Waals surface area contributed by atoms with Crippen molar-refractivity contribution in [2.24, 2.45) is 0 Å². The van der Waals surface area contributed by atoms with Crippen molar-refractivity contribution in [2.75, 3.05) is 11.1 Å². The zero-order valence-corrected chi connectivity index (χ0v) is 14.8. The number of benzene rings is 2. The van der Waals surface area contributed by atoms with E-state index in [0.29, 0.717) is 11.3 Å². The van der Waals surface area contributed by atoms with Gasteiger partial charge in [0.1, 0.15) is 0 Å². The van der Waals surface area contributed by atoms with Crippen molar-refractivity contribution in [3.63, 3.8) is 0 Å². The van der Waals surface area contributed by atoms with Crippen LogP contribution in [-0.4, -0.2) is 20.5 Å². The summed E-state index contributed by atoms with van der Waals surface area (Å²) in [4.78, 5) is 16.7. The third kappa shape index (κ3) is 3.75. The Morgan fingerprint density at radius 3 is 2.66 bits per heavy atom. The Labute approximate surface area is 162 Å². The van der Waals surface area contributed by atoms with Gasteiger partial charge >= 0.3 is 6.18 Å². The minimum atomic E-state index is -4.60. The lowest BCUT2D eigenvalue weighted by atomic mass is 10.1. The highest BCUT2D eigenvalue weighted by Gasteiger charge is 2.31. The molecular weight excluding hydrogens is 383 g/mol. The van der Waals surface area contributed by atoms with E-state index in [1.54, 1.807) is 47.2 Å². The van der Waals surface area contributed by atoms with Gasteiger partial charge in [-0.15, -0.1) is 0 Å². The number of carbonyl (C=O) groups excluding carboxylic acids is 1. The lowest BCUT2D eigenvalue weighted by Gasteiger charge is -2.12. The van der Waals surface area contributed by atoms with Crippen molar-refractivity contribution < 1.29 is 18.0 Å². The quantitative estimate of drug-likeness (QED) is 0.506. The maximum absolute atomic E-state index is 13.0. The van der Waals surface area contributed by atoms with Gasteiger partial charge in [0.2, 0.25) is 0 Å². The van der Waals surface area contributed by atoms with Crippen LogP contribution in [0.4, 0.5) is 24.5 Å². The highest BCUT2D eigenvalue weighted by molar-refractivity contribution is 6.05. The Morgan fingerprint density at radius 2 is 1.86 bits per heavy atom. The summed E-state index contributed by atoms with van der Waals surface area (Å²) in [6.45, 7) is 0. The highest BCUT2D eigenvalue weighted by Crippen LogP contribution is 2.31. The molecule has 0 fully saturated rings. The first-order valence-corrected chi connectivity index (χ1v) is 8.49. The number of hydrogen-bond donors (Lipinski definition) is 2. The number of nitrogen functional groups attached to an aromatic ring is 1. The van der Waals surface area contributed by atoms with Crippen LogP contribution >= 0.6 is 0 Å². The number of hydrogen-bond acceptors (Lipinski definition) is 4. The molecule has 0 radical (unpaired) electrons. The molecule has 1 amide bonds. The van der Waals surface area contributed by atoms with Crippen molar-refractivity contribution in [2.45, 2.75) is 6.18 Å². The summed E-state index contributed by atoms with van der Waals surface area (Å²) >= 11 is 0. The third-order valence-corrected chi connectivity index (χ3v) is 4.25. The van der Waals surface area contributed by atoms with Crippen LogP contribution in [0.15, 0.2) is 67.0 Å². The lowest BCUT2D eigenvalue weighted by molar-refractivity contribution is -0.137. The number of amides is 1. The second-order valence-corrected chi connectivity index (χ2v) is 6.31. The fraction of sp³-hybridized carbons (Fsp3) is 0.0500. The zero-order chi connectivity index (χ0) is 20.6. The first kappa shape index (κ1) is 18.5. The third-order valence-electron chi connectivity index (χ3n) is 4.25. The Bertz CT molecular complexity index is 1220. The summed E-state index contributed by atoms with van der Waals surface area (Å²) in [5, 5.41) is 6.83. The average Bonchev–Trinajstić information content (AvgIpc) is 3.16. The molecule has 2 heterocycles. The smallest absolute Gasteiger partial charge is 0.399 e. The van der Waals surface area contributed by atoms with Gasteiger partial charge in [-0.25, -0.2) is 9.50 Å². The van der Waals surface area contributed by atoms with Crippen LogP contribution in [0.3, 0.4) is 0 Å². The van der Waals surface area contributed by atoms with Gasteiger partial charge in [-0.3, -0.25) is 4.79 Å². The summed E-state index contributed by atoms with van der Waals surface area (Å²) in [6, 6.07) is 13.2. The van der Waals surface area contributed by atoms with Gasteiger partial charge in [0.25, 0.3) is 5.91 Å². The number of nitrogens with zero attached hydrogens (tertiary/aromatic N) is 3. The highest BCUT2D eigenvalue weighted by atomic mass is 19.4. The number of fused-ring (bicyclic) bond motifs is 1. The molecule has 9 heteroatoms. The minimum Gasteiger partial charge on any atom is -0.399 e. The fourth-order valence-corrected chi connectivity index (χ4v) is 2.96. The molecule has 0 bridgehead atoms. The van der Waals surface area contributed by atoms with Crippen LogP contribution in [0.2, 0.25) is 0 Å². The summed E-state index contributed by atoms with van der Waals surface area (Å²) < 4.78 is 40.6. The van der Waals surface area contributed by atoms with E-state index in [9.17, 15) is 18.0 Å². The maximum Gasteiger partial charge on any atom is 0.416 e. The molecule has 2 aromatic carbocycles. The van der Waals surface area contributed by atoms with Crippen LogP contribution in [0.1, 0.15) is 15.9 Å². The van der Waals surface area contributed by atoms with Crippen molar-refractivity contribution in [1.82, 2.24) is 14.6 Å². The normalized spacial score (nSPS) is 11.6. The first-order chi connectivity index (χ1) is 13.8. The number of halogens is 3. The molecule has 3 N–H and O–H groups in total. The molecule has 0 saturated carbocycles. The number of alkyl halides is 3. The molecular formula is C20H14F3N5O. The standard InChI is InChI=1S/C20H14F3N5O/c21-20(22,23)14-8-13(9-15(24)11-14)19(29)27-16-3-1-2-12(10-16)17-4-6-25-18-5-7-26-28(17)18/h1-11H,24H2,(H,27,29). The zero-order valence-electron chi connectivity index (χ0n) is 14.8. The Kier molecular flexibility index (Phi) is 4.42. The van der Waals surface area contributed by atoms with Gasteiger partial charge in [0.15, 0.2) is 5.65 Å². The maximum atomic E-state index is 13.0. The topological polar surface area (TPSA) is 85.3 Å². The van der Waals surface area contributed by atoms with Gasteiger partial charge < -0.3 is 11.1 Å². The Morgan fingerprint density at radius 1 is 1.03 bits per heavy atom. The van der Waals surface area contributed by atoms with E-state index in [1.165, 1.54) is 6.07 Å². The molecule has 0 unspecified atom stereocenters. The van der Waals surface area contributed by atoms with E-state index in [1.807, 2.05) is 6.07 Å². The van der Waals surface area contributed by atoms with Crippen molar-refractivity contribution in [3.05, 3.63) is 78.1 Å². The van der Waals surface area contributed by atoms with Crippen molar-refractivity contribution in [3.8, 4) is 11.3 Å². The van der Waals surface area contributed by atoms with Crippen LogP contribution < -0.4 is 11.1 Å². The average molecular weight is 397 g/mol. The number of rotatable bonds is 3.